The van der Waals surface area contributed by atoms with Crippen molar-refractivity contribution in [3.63, 3.8) is 0 Å². The van der Waals surface area contributed by atoms with Crippen molar-refractivity contribution in [3.05, 3.63) is 29.8 Å². The molecule has 1 saturated heterocycles. The van der Waals surface area contributed by atoms with Crippen LogP contribution in [0.5, 0.6) is 5.75 Å². The number of benzene rings is 1. The van der Waals surface area contributed by atoms with Gasteiger partial charge in [0.1, 0.15) is 17.9 Å². The van der Waals surface area contributed by atoms with E-state index in [1.807, 2.05) is 0 Å². The van der Waals surface area contributed by atoms with Crippen LogP contribution in [0.3, 0.4) is 0 Å². The number of rotatable bonds is 5. The quantitative estimate of drug-likeness (QED) is 0.835. The van der Waals surface area contributed by atoms with Gasteiger partial charge in [-0.15, -0.1) is 0 Å². The van der Waals surface area contributed by atoms with Gasteiger partial charge in [0.05, 0.1) is 6.54 Å². The number of amides is 2. The number of aromatic carboxylic acids is 1. The minimum atomic E-state index is -1.08. The van der Waals surface area contributed by atoms with Crippen molar-refractivity contribution in [3.8, 4) is 5.75 Å². The highest BCUT2D eigenvalue weighted by Crippen LogP contribution is 2.18. The number of nitrogens with zero attached hydrogens (tertiary/aromatic N) is 1. The number of hydrogen-bond acceptors (Lipinski definition) is 4. The van der Waals surface area contributed by atoms with Crippen LogP contribution in [-0.2, 0) is 9.59 Å². The van der Waals surface area contributed by atoms with Crippen LogP contribution in [0.15, 0.2) is 24.3 Å². The zero-order valence-electron chi connectivity index (χ0n) is 11.6. The van der Waals surface area contributed by atoms with Gasteiger partial charge in [0.2, 0.25) is 11.8 Å². The lowest BCUT2D eigenvalue weighted by atomic mass is 10.2. The van der Waals surface area contributed by atoms with Gasteiger partial charge in [-0.2, -0.15) is 0 Å². The van der Waals surface area contributed by atoms with E-state index in [2.05, 4.69) is 0 Å². The molecule has 6 heteroatoms. The molecule has 0 aliphatic carbocycles. The number of hydrogen-bond donors (Lipinski definition) is 1. The number of imide groups is 1. The molecule has 6 nitrogen and oxygen atoms in total. The Morgan fingerprint density at radius 1 is 1.14 bits per heavy atom. The summed E-state index contributed by atoms with van der Waals surface area (Å²) in [6.45, 7) is 0.230. The van der Waals surface area contributed by atoms with Crippen molar-refractivity contribution < 1.29 is 24.2 Å². The van der Waals surface area contributed by atoms with E-state index in [1.54, 1.807) is 18.2 Å². The monoisotopic (exact) mass is 291 g/mol. The molecule has 1 N–H and O–H groups in total. The zero-order chi connectivity index (χ0) is 15.2. The molecule has 1 aromatic rings. The fourth-order valence-corrected chi connectivity index (χ4v) is 2.23. The number of likely N-dealkylation sites (tertiary alicyclic amines) is 1. The van der Waals surface area contributed by atoms with Crippen LogP contribution < -0.4 is 4.74 Å². The number of carbonyl (C=O) groups excluding carboxylic acids is 2. The van der Waals surface area contributed by atoms with Gasteiger partial charge < -0.3 is 9.84 Å². The lowest BCUT2D eigenvalue weighted by Gasteiger charge is -2.19. The molecule has 0 radical (unpaired) electrons. The Morgan fingerprint density at radius 3 is 2.38 bits per heavy atom. The number of carboxylic acid groups (broad SMARTS) is 1. The molecular weight excluding hydrogens is 274 g/mol. The van der Waals surface area contributed by atoms with Crippen LogP contribution in [0.2, 0.25) is 0 Å². The van der Waals surface area contributed by atoms with Crippen molar-refractivity contribution >= 4 is 17.8 Å². The minimum Gasteiger partial charge on any atom is -0.491 e. The van der Waals surface area contributed by atoms with E-state index in [9.17, 15) is 14.4 Å². The number of ether oxygens (including phenoxy) is 1. The van der Waals surface area contributed by atoms with E-state index in [0.717, 1.165) is 12.8 Å². The highest BCUT2D eigenvalue weighted by molar-refractivity contribution is 5.96. The minimum absolute atomic E-state index is 0.0611. The van der Waals surface area contributed by atoms with Crippen LogP contribution in [0.1, 0.15) is 36.0 Å². The highest BCUT2D eigenvalue weighted by atomic mass is 16.5. The van der Waals surface area contributed by atoms with Gasteiger partial charge in [-0.3, -0.25) is 14.5 Å². The van der Waals surface area contributed by atoms with Crippen molar-refractivity contribution in [2.75, 3.05) is 13.2 Å². The van der Waals surface area contributed by atoms with Gasteiger partial charge in [-0.1, -0.05) is 12.1 Å². The second-order valence-electron chi connectivity index (χ2n) is 4.80. The average molecular weight is 291 g/mol. The smallest absolute Gasteiger partial charge is 0.339 e. The molecular formula is C15H17NO5. The van der Waals surface area contributed by atoms with E-state index in [4.69, 9.17) is 9.84 Å². The Balaban J connectivity index is 1.96. The molecule has 21 heavy (non-hydrogen) atoms. The SMILES string of the molecule is O=C(O)c1ccccc1OCCN1C(=O)CCCCC1=O. The normalized spacial score (nSPS) is 15.7. The molecule has 1 heterocycles. The lowest BCUT2D eigenvalue weighted by molar-refractivity contribution is -0.144. The number of carbonyl (C=O) groups is 3. The Labute approximate surface area is 122 Å². The summed E-state index contributed by atoms with van der Waals surface area (Å²) in [7, 11) is 0. The van der Waals surface area contributed by atoms with Crippen molar-refractivity contribution in [2.45, 2.75) is 25.7 Å². The van der Waals surface area contributed by atoms with Gasteiger partial charge >= 0.3 is 5.97 Å². The van der Waals surface area contributed by atoms with Crippen LogP contribution in [0.4, 0.5) is 0 Å². The van der Waals surface area contributed by atoms with E-state index >= 15 is 0 Å². The Morgan fingerprint density at radius 2 is 1.76 bits per heavy atom. The maximum absolute atomic E-state index is 11.8. The van der Waals surface area contributed by atoms with E-state index in [-0.39, 0.29) is 36.3 Å². The fraction of sp³-hybridized carbons (Fsp3) is 0.400. The number of para-hydroxylation sites is 1. The molecule has 0 unspecified atom stereocenters. The zero-order valence-corrected chi connectivity index (χ0v) is 11.6. The maximum Gasteiger partial charge on any atom is 0.339 e. The molecule has 0 atom stereocenters. The van der Waals surface area contributed by atoms with Crippen molar-refractivity contribution in [2.24, 2.45) is 0 Å². The van der Waals surface area contributed by atoms with Crippen LogP contribution >= 0.6 is 0 Å². The summed E-state index contributed by atoms with van der Waals surface area (Å²) in [6.07, 6.45) is 2.20. The van der Waals surface area contributed by atoms with Gasteiger partial charge in [0, 0.05) is 12.8 Å². The predicted molar refractivity (Wildman–Crippen MR) is 74.1 cm³/mol. The standard InChI is InChI=1S/C15H17NO5/c17-13-7-3-4-8-14(18)16(13)9-10-21-12-6-2-1-5-11(12)15(19)20/h1-2,5-6H,3-4,7-10H2,(H,19,20). The molecule has 2 amide bonds. The van der Waals surface area contributed by atoms with E-state index in [1.165, 1.54) is 11.0 Å². The molecule has 2 rings (SSSR count). The Bertz CT molecular complexity index is 537. The first-order valence-corrected chi connectivity index (χ1v) is 6.88. The van der Waals surface area contributed by atoms with Crippen LogP contribution in [0.25, 0.3) is 0 Å². The molecule has 112 valence electrons. The van der Waals surface area contributed by atoms with Crippen LogP contribution in [-0.4, -0.2) is 40.9 Å². The predicted octanol–water partition coefficient (Wildman–Crippen LogP) is 1.69. The average Bonchev–Trinajstić information content (AvgIpc) is 2.62. The number of carboxylic acids is 1. The Kier molecular flexibility index (Phi) is 4.92. The molecule has 1 fully saturated rings. The molecule has 0 saturated carbocycles. The van der Waals surface area contributed by atoms with Gasteiger partial charge in [0.25, 0.3) is 0 Å². The van der Waals surface area contributed by atoms with Gasteiger partial charge in [0.15, 0.2) is 0 Å². The third-order valence-corrected chi connectivity index (χ3v) is 3.32. The molecule has 0 aromatic heterocycles. The summed E-state index contributed by atoms with van der Waals surface area (Å²) < 4.78 is 5.41. The molecule has 1 aliphatic heterocycles. The van der Waals surface area contributed by atoms with Crippen molar-refractivity contribution in [1.29, 1.82) is 0 Å². The van der Waals surface area contributed by atoms with Gasteiger partial charge in [-0.25, -0.2) is 4.79 Å². The molecule has 0 bridgehead atoms. The first-order valence-electron chi connectivity index (χ1n) is 6.88. The molecule has 1 aromatic carbocycles. The van der Waals surface area contributed by atoms with E-state index < -0.39 is 5.97 Å². The topological polar surface area (TPSA) is 83.9 Å². The summed E-state index contributed by atoms with van der Waals surface area (Å²) in [6, 6.07) is 6.28. The summed E-state index contributed by atoms with van der Waals surface area (Å²) in [5.74, 6) is -1.22. The summed E-state index contributed by atoms with van der Waals surface area (Å²) in [5, 5.41) is 9.04. The maximum atomic E-state index is 11.8. The molecule has 0 spiro atoms. The second-order valence-corrected chi connectivity index (χ2v) is 4.80. The highest BCUT2D eigenvalue weighted by Gasteiger charge is 2.23. The first-order chi connectivity index (χ1) is 10.1. The first kappa shape index (κ1) is 15.0. The summed E-state index contributed by atoms with van der Waals surface area (Å²) in [5.41, 5.74) is 0.0611. The van der Waals surface area contributed by atoms with E-state index in [0.29, 0.717) is 12.8 Å². The fourth-order valence-electron chi connectivity index (χ4n) is 2.23. The van der Waals surface area contributed by atoms with Crippen molar-refractivity contribution in [1.82, 2.24) is 4.90 Å². The lowest BCUT2D eigenvalue weighted by Crippen LogP contribution is -2.38. The second kappa shape index (κ2) is 6.88. The summed E-state index contributed by atoms with van der Waals surface area (Å²) in [4.78, 5) is 35.8. The van der Waals surface area contributed by atoms with Gasteiger partial charge in [-0.05, 0) is 25.0 Å². The summed E-state index contributed by atoms with van der Waals surface area (Å²) >= 11 is 0. The molecule has 1 aliphatic rings. The third kappa shape index (κ3) is 3.81. The van der Waals surface area contributed by atoms with Crippen LogP contribution in [0, 0.1) is 0 Å². The Hall–Kier alpha value is -2.37. The largest absolute Gasteiger partial charge is 0.491 e. The third-order valence-electron chi connectivity index (χ3n) is 3.32.